The predicted octanol–water partition coefficient (Wildman–Crippen LogP) is 2.74. The molecular weight excluding hydrogens is 296 g/mol. The SMILES string of the molecule is C=C(C(=O)OC)[C@H]1OC(C)=C(C(=O)OCC)[C@@H]1c1ccccc1. The average molecular weight is 316 g/mol. The van der Waals surface area contributed by atoms with Crippen LogP contribution in [0.1, 0.15) is 25.3 Å². The molecule has 0 aromatic heterocycles. The van der Waals surface area contributed by atoms with Gasteiger partial charge in [0, 0.05) is 0 Å². The van der Waals surface area contributed by atoms with Crippen molar-refractivity contribution >= 4 is 11.9 Å². The van der Waals surface area contributed by atoms with Crippen LogP contribution in [0.2, 0.25) is 0 Å². The molecule has 122 valence electrons. The van der Waals surface area contributed by atoms with Gasteiger partial charge >= 0.3 is 11.9 Å². The van der Waals surface area contributed by atoms with Crippen LogP contribution in [0.25, 0.3) is 0 Å². The molecule has 1 aromatic rings. The Labute approximate surface area is 135 Å². The molecule has 5 nitrogen and oxygen atoms in total. The van der Waals surface area contributed by atoms with Gasteiger partial charge in [-0.05, 0) is 19.4 Å². The van der Waals surface area contributed by atoms with Crippen molar-refractivity contribution in [3.05, 3.63) is 59.4 Å². The predicted molar refractivity (Wildman–Crippen MR) is 84.5 cm³/mol. The van der Waals surface area contributed by atoms with Crippen LogP contribution < -0.4 is 0 Å². The summed E-state index contributed by atoms with van der Waals surface area (Å²) in [7, 11) is 1.28. The molecule has 0 aliphatic carbocycles. The molecule has 1 heterocycles. The molecule has 0 unspecified atom stereocenters. The van der Waals surface area contributed by atoms with Gasteiger partial charge < -0.3 is 14.2 Å². The number of carbonyl (C=O) groups excluding carboxylic acids is 2. The molecule has 0 spiro atoms. The van der Waals surface area contributed by atoms with Crippen LogP contribution in [0.4, 0.5) is 0 Å². The number of methoxy groups -OCH3 is 1. The minimum Gasteiger partial charge on any atom is -0.489 e. The Hall–Kier alpha value is -2.56. The maximum Gasteiger partial charge on any atom is 0.338 e. The molecule has 0 saturated carbocycles. The smallest absolute Gasteiger partial charge is 0.338 e. The van der Waals surface area contributed by atoms with Crippen molar-refractivity contribution in [3.63, 3.8) is 0 Å². The third kappa shape index (κ3) is 3.28. The summed E-state index contributed by atoms with van der Waals surface area (Å²) in [6.07, 6.45) is -0.691. The van der Waals surface area contributed by atoms with E-state index in [9.17, 15) is 9.59 Å². The van der Waals surface area contributed by atoms with Gasteiger partial charge in [0.1, 0.15) is 11.9 Å². The number of carbonyl (C=O) groups is 2. The van der Waals surface area contributed by atoms with Crippen molar-refractivity contribution in [1.29, 1.82) is 0 Å². The first-order valence-corrected chi connectivity index (χ1v) is 7.37. The number of allylic oxidation sites excluding steroid dienone is 1. The van der Waals surface area contributed by atoms with Gasteiger partial charge in [-0.1, -0.05) is 36.9 Å². The lowest BCUT2D eigenvalue weighted by atomic mass is 9.84. The highest BCUT2D eigenvalue weighted by Gasteiger charge is 2.43. The molecule has 0 saturated heterocycles. The van der Waals surface area contributed by atoms with Gasteiger partial charge in [-0.15, -0.1) is 0 Å². The van der Waals surface area contributed by atoms with E-state index in [4.69, 9.17) is 14.2 Å². The molecule has 1 aliphatic heterocycles. The van der Waals surface area contributed by atoms with Crippen LogP contribution in [0.5, 0.6) is 0 Å². The van der Waals surface area contributed by atoms with Gasteiger partial charge in [0.25, 0.3) is 0 Å². The van der Waals surface area contributed by atoms with E-state index in [0.717, 1.165) is 5.56 Å². The molecule has 5 heteroatoms. The molecule has 1 aliphatic rings. The van der Waals surface area contributed by atoms with Crippen molar-refractivity contribution in [1.82, 2.24) is 0 Å². The van der Waals surface area contributed by atoms with E-state index in [-0.39, 0.29) is 12.2 Å². The van der Waals surface area contributed by atoms with E-state index < -0.39 is 24.0 Å². The van der Waals surface area contributed by atoms with Crippen LogP contribution in [-0.4, -0.2) is 31.8 Å². The van der Waals surface area contributed by atoms with Gasteiger partial charge in [0.05, 0.1) is 30.8 Å². The first-order valence-electron chi connectivity index (χ1n) is 7.37. The van der Waals surface area contributed by atoms with E-state index in [0.29, 0.717) is 11.3 Å². The Bertz CT molecular complexity index is 645. The van der Waals surface area contributed by atoms with Crippen LogP contribution in [0.3, 0.4) is 0 Å². The van der Waals surface area contributed by atoms with Crippen LogP contribution in [-0.2, 0) is 23.8 Å². The van der Waals surface area contributed by atoms with Gasteiger partial charge in [-0.25, -0.2) is 9.59 Å². The Morgan fingerprint density at radius 1 is 1.26 bits per heavy atom. The van der Waals surface area contributed by atoms with Crippen molar-refractivity contribution in [3.8, 4) is 0 Å². The van der Waals surface area contributed by atoms with Gasteiger partial charge in [0.2, 0.25) is 0 Å². The second kappa shape index (κ2) is 7.13. The van der Waals surface area contributed by atoms with Crippen LogP contribution in [0, 0.1) is 0 Å². The van der Waals surface area contributed by atoms with Crippen molar-refractivity contribution in [2.75, 3.05) is 13.7 Å². The highest BCUT2D eigenvalue weighted by atomic mass is 16.5. The number of ether oxygens (including phenoxy) is 3. The third-order valence-electron chi connectivity index (χ3n) is 3.74. The Balaban J connectivity index is 2.45. The zero-order chi connectivity index (χ0) is 17.0. The number of hydrogen-bond donors (Lipinski definition) is 0. The molecule has 0 amide bonds. The minimum absolute atomic E-state index is 0.167. The second-order valence-corrected chi connectivity index (χ2v) is 5.13. The number of benzene rings is 1. The first-order chi connectivity index (χ1) is 11.0. The molecule has 2 rings (SSSR count). The third-order valence-corrected chi connectivity index (χ3v) is 3.74. The summed E-state index contributed by atoms with van der Waals surface area (Å²) in [6.45, 7) is 7.47. The lowest BCUT2D eigenvalue weighted by Gasteiger charge is -2.22. The van der Waals surface area contributed by atoms with E-state index in [1.165, 1.54) is 7.11 Å². The molecule has 2 atom stereocenters. The summed E-state index contributed by atoms with van der Waals surface area (Å²) in [5.41, 5.74) is 1.43. The first kappa shape index (κ1) is 16.8. The van der Waals surface area contributed by atoms with Crippen LogP contribution >= 0.6 is 0 Å². The van der Waals surface area contributed by atoms with E-state index in [1.807, 2.05) is 30.3 Å². The summed E-state index contributed by atoms with van der Waals surface area (Å²) < 4.78 is 15.6. The highest BCUT2D eigenvalue weighted by molar-refractivity contribution is 5.94. The average Bonchev–Trinajstić information content (AvgIpc) is 2.91. The number of hydrogen-bond acceptors (Lipinski definition) is 5. The number of esters is 2. The molecule has 0 radical (unpaired) electrons. The molecule has 23 heavy (non-hydrogen) atoms. The lowest BCUT2D eigenvalue weighted by Crippen LogP contribution is -2.26. The molecule has 0 N–H and O–H groups in total. The Morgan fingerprint density at radius 3 is 2.48 bits per heavy atom. The summed E-state index contributed by atoms with van der Waals surface area (Å²) in [5.74, 6) is -1.03. The number of rotatable bonds is 5. The van der Waals surface area contributed by atoms with Gasteiger partial charge in [-0.3, -0.25) is 0 Å². The fourth-order valence-corrected chi connectivity index (χ4v) is 2.69. The lowest BCUT2D eigenvalue weighted by molar-refractivity contribution is -0.139. The van der Waals surface area contributed by atoms with Gasteiger partial charge in [-0.2, -0.15) is 0 Å². The van der Waals surface area contributed by atoms with E-state index >= 15 is 0 Å². The van der Waals surface area contributed by atoms with E-state index in [1.54, 1.807) is 13.8 Å². The maximum absolute atomic E-state index is 12.3. The molecular formula is C18H20O5. The maximum atomic E-state index is 12.3. The fourth-order valence-electron chi connectivity index (χ4n) is 2.69. The van der Waals surface area contributed by atoms with Crippen molar-refractivity contribution < 1.29 is 23.8 Å². The fraction of sp³-hybridized carbons (Fsp3) is 0.333. The monoisotopic (exact) mass is 316 g/mol. The summed E-state index contributed by atoms with van der Waals surface area (Å²) in [5, 5.41) is 0. The zero-order valence-corrected chi connectivity index (χ0v) is 13.5. The minimum atomic E-state index is -0.691. The zero-order valence-electron chi connectivity index (χ0n) is 13.5. The molecule has 0 bridgehead atoms. The van der Waals surface area contributed by atoms with Gasteiger partial charge in [0.15, 0.2) is 0 Å². The van der Waals surface area contributed by atoms with E-state index in [2.05, 4.69) is 6.58 Å². The topological polar surface area (TPSA) is 61.8 Å². The normalized spacial score (nSPS) is 20.0. The Kier molecular flexibility index (Phi) is 5.21. The molecule has 0 fully saturated rings. The van der Waals surface area contributed by atoms with Crippen molar-refractivity contribution in [2.24, 2.45) is 0 Å². The van der Waals surface area contributed by atoms with Crippen LogP contribution in [0.15, 0.2) is 53.8 Å². The summed E-state index contributed by atoms with van der Waals surface area (Å²) in [4.78, 5) is 24.2. The Morgan fingerprint density at radius 2 is 1.91 bits per heavy atom. The standard InChI is InChI=1S/C18H20O5/c1-5-22-18(20)14-12(3)23-16(11(2)17(19)21-4)15(14)13-9-7-6-8-10-13/h6-10,15-16H,2,5H2,1,3-4H3/t15-,16+/m0/s1. The largest absolute Gasteiger partial charge is 0.489 e. The summed E-state index contributed by atoms with van der Waals surface area (Å²) in [6, 6.07) is 9.37. The second-order valence-electron chi connectivity index (χ2n) is 5.13. The molecule has 1 aromatic carbocycles. The van der Waals surface area contributed by atoms with Crippen molar-refractivity contribution in [2.45, 2.75) is 25.9 Å². The quantitative estimate of drug-likeness (QED) is 0.617. The highest BCUT2D eigenvalue weighted by Crippen LogP contribution is 2.42. The summed E-state index contributed by atoms with van der Waals surface area (Å²) >= 11 is 0.